The second-order valence-corrected chi connectivity index (χ2v) is 6.43. The number of aryl methyl sites for hydroxylation is 1. The Hall–Kier alpha value is -2.50. The van der Waals surface area contributed by atoms with Crippen molar-refractivity contribution in [2.45, 2.75) is 19.5 Å². The normalized spacial score (nSPS) is 11.9. The van der Waals surface area contributed by atoms with Crippen LogP contribution in [-0.2, 0) is 11.3 Å². The summed E-state index contributed by atoms with van der Waals surface area (Å²) in [6.07, 6.45) is 1.68. The lowest BCUT2D eigenvalue weighted by atomic mass is 10.1. The fourth-order valence-corrected chi connectivity index (χ4v) is 2.93. The van der Waals surface area contributed by atoms with E-state index >= 15 is 0 Å². The lowest BCUT2D eigenvalue weighted by Crippen LogP contribution is -2.32. The van der Waals surface area contributed by atoms with Crippen LogP contribution in [0.4, 0.5) is 5.13 Å². The zero-order valence-electron chi connectivity index (χ0n) is 13.4. The van der Waals surface area contributed by atoms with E-state index in [4.69, 9.17) is 0 Å². The smallest absolute Gasteiger partial charge is 0.247 e. The molecule has 0 saturated carbocycles. The van der Waals surface area contributed by atoms with E-state index in [0.29, 0.717) is 11.7 Å². The highest BCUT2D eigenvalue weighted by atomic mass is 32.1. The van der Waals surface area contributed by atoms with Crippen LogP contribution in [0.2, 0.25) is 0 Å². The van der Waals surface area contributed by atoms with Gasteiger partial charge >= 0.3 is 0 Å². The lowest BCUT2D eigenvalue weighted by Gasteiger charge is -2.18. The molecule has 3 aromatic rings. The van der Waals surface area contributed by atoms with Gasteiger partial charge in [-0.1, -0.05) is 60.2 Å². The maximum absolute atomic E-state index is 12.7. The second-order valence-electron chi connectivity index (χ2n) is 5.54. The quantitative estimate of drug-likeness (QED) is 0.717. The summed E-state index contributed by atoms with van der Waals surface area (Å²) in [7, 11) is 0. The van der Waals surface area contributed by atoms with Gasteiger partial charge < -0.3 is 5.32 Å². The molecule has 0 bridgehead atoms. The number of rotatable bonds is 6. The summed E-state index contributed by atoms with van der Waals surface area (Å²) < 4.78 is 0. The van der Waals surface area contributed by atoms with Gasteiger partial charge in [-0.3, -0.25) is 10.1 Å². The van der Waals surface area contributed by atoms with Gasteiger partial charge in [0.05, 0.1) is 0 Å². The van der Waals surface area contributed by atoms with E-state index in [-0.39, 0.29) is 5.91 Å². The highest BCUT2D eigenvalue weighted by Crippen LogP contribution is 2.18. The van der Waals surface area contributed by atoms with Crippen LogP contribution in [-0.4, -0.2) is 10.9 Å². The molecule has 4 nitrogen and oxygen atoms in total. The molecule has 0 aliphatic carbocycles. The average molecular weight is 337 g/mol. The minimum Gasteiger partial charge on any atom is -0.300 e. The zero-order valence-corrected chi connectivity index (χ0v) is 14.2. The van der Waals surface area contributed by atoms with Crippen molar-refractivity contribution in [1.29, 1.82) is 0 Å². The van der Waals surface area contributed by atoms with Crippen LogP contribution in [0.1, 0.15) is 22.7 Å². The van der Waals surface area contributed by atoms with Gasteiger partial charge in [0, 0.05) is 18.1 Å². The van der Waals surface area contributed by atoms with Gasteiger partial charge in [0.15, 0.2) is 5.13 Å². The lowest BCUT2D eigenvalue weighted by molar-refractivity contribution is -0.118. The molecular weight excluding hydrogens is 318 g/mol. The summed E-state index contributed by atoms with van der Waals surface area (Å²) in [5.41, 5.74) is 3.29. The van der Waals surface area contributed by atoms with Gasteiger partial charge in [-0.05, 0) is 18.1 Å². The van der Waals surface area contributed by atoms with Crippen molar-refractivity contribution in [3.63, 3.8) is 0 Å². The van der Waals surface area contributed by atoms with Crippen molar-refractivity contribution in [3.05, 3.63) is 82.9 Å². The van der Waals surface area contributed by atoms with E-state index in [9.17, 15) is 4.79 Å². The van der Waals surface area contributed by atoms with E-state index in [1.807, 2.05) is 35.7 Å². The number of nitrogens with zero attached hydrogens (tertiary/aromatic N) is 1. The van der Waals surface area contributed by atoms with Crippen LogP contribution in [0.15, 0.2) is 66.2 Å². The van der Waals surface area contributed by atoms with Crippen LogP contribution in [0.5, 0.6) is 0 Å². The minimum atomic E-state index is -0.434. The Kier molecular flexibility index (Phi) is 5.36. The Morgan fingerprint density at radius 3 is 2.54 bits per heavy atom. The van der Waals surface area contributed by atoms with Crippen molar-refractivity contribution in [3.8, 4) is 0 Å². The maximum atomic E-state index is 12.7. The third kappa shape index (κ3) is 4.28. The number of aromatic nitrogens is 1. The third-order valence-corrected chi connectivity index (χ3v) is 4.38. The van der Waals surface area contributed by atoms with Gasteiger partial charge in [0.2, 0.25) is 5.91 Å². The number of carbonyl (C=O) groups excluding carboxylic acids is 1. The summed E-state index contributed by atoms with van der Waals surface area (Å²) in [4.78, 5) is 16.8. The van der Waals surface area contributed by atoms with Crippen LogP contribution in [0.25, 0.3) is 0 Å². The summed E-state index contributed by atoms with van der Waals surface area (Å²) in [5, 5.41) is 8.67. The number of hydrogen-bond donors (Lipinski definition) is 2. The Labute approximate surface area is 145 Å². The zero-order chi connectivity index (χ0) is 16.8. The number of benzene rings is 2. The van der Waals surface area contributed by atoms with Crippen LogP contribution >= 0.6 is 11.3 Å². The Balaban J connectivity index is 1.74. The van der Waals surface area contributed by atoms with Gasteiger partial charge in [0.1, 0.15) is 6.04 Å². The fraction of sp³-hybridized carbons (Fsp3) is 0.158. The van der Waals surface area contributed by atoms with Crippen LogP contribution in [0, 0.1) is 6.92 Å². The molecule has 1 unspecified atom stereocenters. The molecule has 2 N–H and O–H groups in total. The molecule has 0 radical (unpaired) electrons. The van der Waals surface area contributed by atoms with Crippen LogP contribution in [0.3, 0.4) is 0 Å². The summed E-state index contributed by atoms with van der Waals surface area (Å²) in [6.45, 7) is 2.68. The summed E-state index contributed by atoms with van der Waals surface area (Å²) >= 11 is 1.41. The van der Waals surface area contributed by atoms with Crippen molar-refractivity contribution in [2.24, 2.45) is 0 Å². The average Bonchev–Trinajstić information content (AvgIpc) is 3.11. The summed E-state index contributed by atoms with van der Waals surface area (Å²) in [6, 6.07) is 17.6. The highest BCUT2D eigenvalue weighted by Gasteiger charge is 2.20. The van der Waals surface area contributed by atoms with Crippen LogP contribution < -0.4 is 10.6 Å². The van der Waals surface area contributed by atoms with E-state index in [1.165, 1.54) is 16.9 Å². The van der Waals surface area contributed by atoms with E-state index in [2.05, 4.69) is 46.8 Å². The minimum absolute atomic E-state index is 0.108. The topological polar surface area (TPSA) is 54.0 Å². The van der Waals surface area contributed by atoms with Crippen molar-refractivity contribution >= 4 is 22.4 Å². The fourth-order valence-electron chi connectivity index (χ4n) is 2.40. The molecule has 1 atom stereocenters. The number of hydrogen-bond acceptors (Lipinski definition) is 4. The molecule has 0 aliphatic rings. The van der Waals surface area contributed by atoms with E-state index in [0.717, 1.165) is 11.1 Å². The van der Waals surface area contributed by atoms with Gasteiger partial charge in [-0.25, -0.2) is 4.98 Å². The van der Waals surface area contributed by atoms with E-state index in [1.54, 1.807) is 6.20 Å². The molecule has 0 spiro atoms. The van der Waals surface area contributed by atoms with Gasteiger partial charge in [-0.15, -0.1) is 11.3 Å². The van der Waals surface area contributed by atoms with E-state index < -0.39 is 6.04 Å². The molecular formula is C19H19N3OS. The number of nitrogens with one attached hydrogen (secondary N) is 2. The number of amides is 1. The molecule has 0 saturated heterocycles. The largest absolute Gasteiger partial charge is 0.300 e. The molecule has 1 heterocycles. The molecule has 1 aromatic heterocycles. The molecule has 5 heteroatoms. The molecule has 0 aliphatic heterocycles. The SMILES string of the molecule is Cc1ccc(CNC(C(=O)Nc2nccs2)c2ccccc2)cc1. The molecule has 3 rings (SSSR count). The number of anilines is 1. The van der Waals surface area contributed by atoms with Gasteiger partial charge in [0.25, 0.3) is 0 Å². The summed E-state index contributed by atoms with van der Waals surface area (Å²) in [5.74, 6) is -0.108. The Morgan fingerprint density at radius 2 is 1.88 bits per heavy atom. The Bertz CT molecular complexity index is 770. The molecule has 0 fully saturated rings. The van der Waals surface area contributed by atoms with Crippen molar-refractivity contribution < 1.29 is 4.79 Å². The molecule has 122 valence electrons. The standard InChI is InChI=1S/C19H19N3OS/c1-14-7-9-15(10-8-14)13-21-17(16-5-3-2-4-6-16)18(23)22-19-20-11-12-24-19/h2-12,17,21H,13H2,1H3,(H,20,22,23). The first-order chi connectivity index (χ1) is 11.7. The van der Waals surface area contributed by atoms with Gasteiger partial charge in [-0.2, -0.15) is 0 Å². The molecule has 1 amide bonds. The Morgan fingerprint density at radius 1 is 1.12 bits per heavy atom. The third-order valence-electron chi connectivity index (χ3n) is 3.69. The first-order valence-corrected chi connectivity index (χ1v) is 8.64. The first kappa shape index (κ1) is 16.4. The number of carbonyl (C=O) groups is 1. The maximum Gasteiger partial charge on any atom is 0.247 e. The van der Waals surface area contributed by atoms with Crippen molar-refractivity contribution in [1.82, 2.24) is 10.3 Å². The predicted molar refractivity (Wildman–Crippen MR) is 97.9 cm³/mol. The monoisotopic (exact) mass is 337 g/mol. The first-order valence-electron chi connectivity index (χ1n) is 7.76. The number of thiazole rings is 1. The molecule has 2 aromatic carbocycles. The second kappa shape index (κ2) is 7.86. The highest BCUT2D eigenvalue weighted by molar-refractivity contribution is 7.13. The van der Waals surface area contributed by atoms with Crippen molar-refractivity contribution in [2.75, 3.05) is 5.32 Å². The molecule has 24 heavy (non-hydrogen) atoms. The predicted octanol–water partition coefficient (Wildman–Crippen LogP) is 3.92.